The van der Waals surface area contributed by atoms with Crippen LogP contribution >= 0.6 is 27.7 Å². The lowest BCUT2D eigenvalue weighted by Gasteiger charge is -2.05. The van der Waals surface area contributed by atoms with Gasteiger partial charge in [-0.15, -0.1) is 0 Å². The highest BCUT2D eigenvalue weighted by molar-refractivity contribution is 9.10. The van der Waals surface area contributed by atoms with Gasteiger partial charge in [0.05, 0.1) is 0 Å². The molecule has 0 bridgehead atoms. The SMILES string of the molecule is CCCNCc1ccc(Sc2ccccc2Br)nc1. The minimum Gasteiger partial charge on any atom is -0.313 e. The molecule has 0 atom stereocenters. The molecule has 1 N–H and O–H groups in total. The molecule has 1 heterocycles. The van der Waals surface area contributed by atoms with Crippen LogP contribution in [0.15, 0.2) is 57.0 Å². The molecule has 2 nitrogen and oxygen atoms in total. The monoisotopic (exact) mass is 336 g/mol. The average molecular weight is 337 g/mol. The Morgan fingerprint density at radius 3 is 2.74 bits per heavy atom. The third-order valence-corrected chi connectivity index (χ3v) is 4.59. The van der Waals surface area contributed by atoms with Crippen molar-refractivity contribution in [1.82, 2.24) is 10.3 Å². The standard InChI is InChI=1S/C15H17BrN2S/c1-2-9-17-10-12-7-8-15(18-11-12)19-14-6-4-3-5-13(14)16/h3-8,11,17H,2,9-10H2,1H3. The molecular formula is C15H17BrN2S. The van der Waals surface area contributed by atoms with Gasteiger partial charge in [-0.1, -0.05) is 36.9 Å². The second kappa shape index (κ2) is 7.68. The number of halogens is 1. The Morgan fingerprint density at radius 2 is 2.05 bits per heavy atom. The number of pyridine rings is 1. The first kappa shape index (κ1) is 14.6. The van der Waals surface area contributed by atoms with E-state index in [2.05, 4.69) is 51.4 Å². The quantitative estimate of drug-likeness (QED) is 0.786. The number of hydrogen-bond acceptors (Lipinski definition) is 3. The van der Waals surface area contributed by atoms with E-state index in [9.17, 15) is 0 Å². The number of nitrogens with zero attached hydrogens (tertiary/aromatic N) is 1. The Bertz CT molecular complexity index is 514. The number of aromatic nitrogens is 1. The van der Waals surface area contributed by atoms with Gasteiger partial charge in [-0.25, -0.2) is 4.98 Å². The summed E-state index contributed by atoms with van der Waals surface area (Å²) in [5.74, 6) is 0. The first-order valence-corrected chi connectivity index (χ1v) is 7.98. The first-order valence-electron chi connectivity index (χ1n) is 6.37. The van der Waals surface area contributed by atoms with Crippen molar-refractivity contribution in [3.05, 3.63) is 52.6 Å². The zero-order valence-corrected chi connectivity index (χ0v) is 13.3. The molecule has 0 radical (unpaired) electrons. The van der Waals surface area contributed by atoms with Crippen LogP contribution in [0.25, 0.3) is 0 Å². The van der Waals surface area contributed by atoms with E-state index in [1.54, 1.807) is 11.8 Å². The summed E-state index contributed by atoms with van der Waals surface area (Å²) in [5.41, 5.74) is 1.23. The van der Waals surface area contributed by atoms with Gasteiger partial charge in [0.1, 0.15) is 5.03 Å². The molecule has 2 aromatic rings. The van der Waals surface area contributed by atoms with Gasteiger partial charge in [-0.2, -0.15) is 0 Å². The van der Waals surface area contributed by atoms with Crippen LogP contribution in [0.5, 0.6) is 0 Å². The van der Waals surface area contributed by atoms with E-state index in [0.717, 1.165) is 29.0 Å². The van der Waals surface area contributed by atoms with Crippen molar-refractivity contribution in [1.29, 1.82) is 0 Å². The zero-order chi connectivity index (χ0) is 13.5. The van der Waals surface area contributed by atoms with Crippen LogP contribution in [-0.2, 0) is 6.54 Å². The number of rotatable bonds is 6. The molecule has 1 aromatic heterocycles. The molecule has 0 unspecified atom stereocenters. The Balaban J connectivity index is 1.97. The highest BCUT2D eigenvalue weighted by Gasteiger charge is 2.02. The number of hydrogen-bond donors (Lipinski definition) is 1. The molecule has 4 heteroatoms. The van der Waals surface area contributed by atoms with Crippen molar-refractivity contribution >= 4 is 27.7 Å². The summed E-state index contributed by atoms with van der Waals surface area (Å²) in [6.45, 7) is 4.11. The molecule has 0 aliphatic carbocycles. The molecule has 0 amide bonds. The Kier molecular flexibility index (Phi) is 5.89. The van der Waals surface area contributed by atoms with Crippen LogP contribution in [0, 0.1) is 0 Å². The smallest absolute Gasteiger partial charge is 0.101 e. The summed E-state index contributed by atoms with van der Waals surface area (Å²) >= 11 is 5.22. The average Bonchev–Trinajstić information content (AvgIpc) is 2.44. The van der Waals surface area contributed by atoms with Crippen LogP contribution in [0.2, 0.25) is 0 Å². The molecule has 0 fully saturated rings. The van der Waals surface area contributed by atoms with Crippen molar-refractivity contribution in [2.24, 2.45) is 0 Å². The predicted molar refractivity (Wildman–Crippen MR) is 84.5 cm³/mol. The maximum atomic E-state index is 4.50. The van der Waals surface area contributed by atoms with E-state index in [4.69, 9.17) is 0 Å². The van der Waals surface area contributed by atoms with E-state index >= 15 is 0 Å². The molecule has 19 heavy (non-hydrogen) atoms. The maximum absolute atomic E-state index is 4.50. The van der Waals surface area contributed by atoms with Crippen molar-refractivity contribution in [3.8, 4) is 0 Å². The maximum Gasteiger partial charge on any atom is 0.101 e. The Morgan fingerprint density at radius 1 is 1.21 bits per heavy atom. The number of nitrogens with one attached hydrogen (secondary N) is 1. The Hall–Kier alpha value is -0.840. The van der Waals surface area contributed by atoms with Gasteiger partial charge in [0.2, 0.25) is 0 Å². The molecule has 100 valence electrons. The van der Waals surface area contributed by atoms with E-state index in [-0.39, 0.29) is 0 Å². The van der Waals surface area contributed by atoms with E-state index in [0.29, 0.717) is 0 Å². The third-order valence-electron chi connectivity index (χ3n) is 2.60. The highest BCUT2D eigenvalue weighted by Crippen LogP contribution is 2.31. The van der Waals surface area contributed by atoms with Crippen LogP contribution in [0.4, 0.5) is 0 Å². The fourth-order valence-electron chi connectivity index (χ4n) is 1.63. The van der Waals surface area contributed by atoms with Crippen molar-refractivity contribution < 1.29 is 0 Å². The molecular weight excluding hydrogens is 320 g/mol. The van der Waals surface area contributed by atoms with Crippen LogP contribution < -0.4 is 5.32 Å². The van der Waals surface area contributed by atoms with Crippen molar-refractivity contribution in [2.45, 2.75) is 29.8 Å². The van der Waals surface area contributed by atoms with Crippen LogP contribution in [0.3, 0.4) is 0 Å². The lowest BCUT2D eigenvalue weighted by atomic mass is 10.3. The van der Waals surface area contributed by atoms with Crippen LogP contribution in [0.1, 0.15) is 18.9 Å². The van der Waals surface area contributed by atoms with Gasteiger partial charge < -0.3 is 5.32 Å². The largest absolute Gasteiger partial charge is 0.313 e. The topological polar surface area (TPSA) is 24.9 Å². The first-order chi connectivity index (χ1) is 9.29. The molecule has 0 aliphatic heterocycles. The predicted octanol–water partition coefficient (Wildman–Crippen LogP) is 4.49. The van der Waals surface area contributed by atoms with Gasteiger partial charge in [0, 0.05) is 22.1 Å². The molecule has 0 saturated heterocycles. The van der Waals surface area contributed by atoms with Crippen molar-refractivity contribution in [2.75, 3.05) is 6.54 Å². The van der Waals surface area contributed by atoms with Gasteiger partial charge in [0.25, 0.3) is 0 Å². The third kappa shape index (κ3) is 4.64. The molecule has 0 aliphatic rings. The normalized spacial score (nSPS) is 10.6. The minimum atomic E-state index is 0.890. The van der Waals surface area contributed by atoms with E-state index < -0.39 is 0 Å². The van der Waals surface area contributed by atoms with Gasteiger partial charge in [-0.05, 0) is 52.7 Å². The highest BCUT2D eigenvalue weighted by atomic mass is 79.9. The lowest BCUT2D eigenvalue weighted by Crippen LogP contribution is -2.13. The molecule has 2 rings (SSSR count). The van der Waals surface area contributed by atoms with Gasteiger partial charge in [-0.3, -0.25) is 0 Å². The second-order valence-corrected chi connectivity index (χ2v) is 6.13. The fraction of sp³-hybridized carbons (Fsp3) is 0.267. The summed E-state index contributed by atoms with van der Waals surface area (Å²) in [4.78, 5) is 5.68. The Labute approximate surface area is 127 Å². The lowest BCUT2D eigenvalue weighted by molar-refractivity contribution is 0.673. The summed E-state index contributed by atoms with van der Waals surface area (Å²) in [7, 11) is 0. The summed E-state index contributed by atoms with van der Waals surface area (Å²) in [5, 5.41) is 4.39. The summed E-state index contributed by atoms with van der Waals surface area (Å²) in [6.07, 6.45) is 3.10. The van der Waals surface area contributed by atoms with Crippen LogP contribution in [-0.4, -0.2) is 11.5 Å². The van der Waals surface area contributed by atoms with Gasteiger partial charge in [0.15, 0.2) is 0 Å². The molecule has 1 aromatic carbocycles. The second-order valence-electron chi connectivity index (χ2n) is 4.21. The fourth-order valence-corrected chi connectivity index (χ4v) is 2.93. The molecule has 0 spiro atoms. The van der Waals surface area contributed by atoms with Gasteiger partial charge >= 0.3 is 0 Å². The summed E-state index contributed by atoms with van der Waals surface area (Å²) < 4.78 is 1.11. The minimum absolute atomic E-state index is 0.890. The number of benzene rings is 1. The zero-order valence-electron chi connectivity index (χ0n) is 10.9. The van der Waals surface area contributed by atoms with Crippen molar-refractivity contribution in [3.63, 3.8) is 0 Å². The van der Waals surface area contributed by atoms with E-state index in [1.807, 2.05) is 24.4 Å². The molecule has 0 saturated carbocycles. The van der Waals surface area contributed by atoms with E-state index in [1.165, 1.54) is 10.5 Å². The summed E-state index contributed by atoms with van der Waals surface area (Å²) in [6, 6.07) is 12.4.